The number of hydrogen-bond acceptors (Lipinski definition) is 15. The van der Waals surface area contributed by atoms with E-state index in [1.165, 1.54) is 270 Å². The molecule has 0 radical (unpaired) electrons. The highest BCUT2D eigenvalue weighted by Crippen LogP contribution is 2.45. The van der Waals surface area contributed by atoms with E-state index >= 15 is 0 Å². The Morgan fingerprint density at radius 1 is 0.235 bits per heavy atom. The Kier molecular flexibility index (Phi) is 75.8. The maximum Gasteiger partial charge on any atom is 0.472 e. The topological polar surface area (TPSA) is 237 Å². The molecular formula is C83H162O17P2. The molecule has 17 nitrogen and oxygen atoms in total. The zero-order valence-electron chi connectivity index (χ0n) is 66.6. The normalized spacial score (nSPS) is 13.8. The van der Waals surface area contributed by atoms with Gasteiger partial charge in [-0.2, -0.15) is 0 Å². The van der Waals surface area contributed by atoms with Gasteiger partial charge in [-0.05, 0) is 25.7 Å². The van der Waals surface area contributed by atoms with Crippen molar-refractivity contribution in [3.63, 3.8) is 0 Å². The second-order valence-corrected chi connectivity index (χ2v) is 32.8. The molecule has 0 aromatic rings. The number of aliphatic hydroxyl groups excluding tert-OH is 1. The fourth-order valence-electron chi connectivity index (χ4n) is 13.0. The van der Waals surface area contributed by atoms with E-state index in [0.717, 1.165) is 103 Å². The number of ether oxygens (including phenoxy) is 4. The summed E-state index contributed by atoms with van der Waals surface area (Å²) in [5, 5.41) is 10.6. The Balaban J connectivity index is 5.13. The molecule has 0 aliphatic carbocycles. The lowest BCUT2D eigenvalue weighted by molar-refractivity contribution is -0.161. The maximum absolute atomic E-state index is 13.1. The van der Waals surface area contributed by atoms with Crippen LogP contribution in [0.25, 0.3) is 0 Å². The van der Waals surface area contributed by atoms with E-state index in [2.05, 4.69) is 27.7 Å². The summed E-state index contributed by atoms with van der Waals surface area (Å²) in [6, 6.07) is 0. The zero-order chi connectivity index (χ0) is 74.6. The first-order valence-corrected chi connectivity index (χ1v) is 46.3. The minimum Gasteiger partial charge on any atom is -0.462 e. The van der Waals surface area contributed by atoms with Crippen LogP contribution in [0.1, 0.15) is 451 Å². The molecule has 606 valence electrons. The maximum atomic E-state index is 13.1. The molecule has 0 rings (SSSR count). The summed E-state index contributed by atoms with van der Waals surface area (Å²) in [5.74, 6) is -2.11. The van der Waals surface area contributed by atoms with Gasteiger partial charge in [0.2, 0.25) is 0 Å². The molecule has 19 heteroatoms. The third-order valence-corrected chi connectivity index (χ3v) is 21.5. The van der Waals surface area contributed by atoms with Crippen molar-refractivity contribution in [1.29, 1.82) is 0 Å². The summed E-state index contributed by atoms with van der Waals surface area (Å²) in [6.45, 7) is 4.98. The van der Waals surface area contributed by atoms with Gasteiger partial charge in [0.15, 0.2) is 12.2 Å². The van der Waals surface area contributed by atoms with Crippen LogP contribution in [0.3, 0.4) is 0 Å². The van der Waals surface area contributed by atoms with Crippen LogP contribution < -0.4 is 0 Å². The molecule has 0 amide bonds. The van der Waals surface area contributed by atoms with Crippen LogP contribution in [0.4, 0.5) is 0 Å². The van der Waals surface area contributed by atoms with E-state index in [9.17, 15) is 43.2 Å². The number of carbonyl (C=O) groups excluding carboxylic acids is 4. The summed E-state index contributed by atoms with van der Waals surface area (Å²) < 4.78 is 68.6. The van der Waals surface area contributed by atoms with Gasteiger partial charge in [-0.1, -0.05) is 400 Å². The van der Waals surface area contributed by atoms with Gasteiger partial charge in [-0.3, -0.25) is 37.3 Å². The molecule has 102 heavy (non-hydrogen) atoms. The summed E-state index contributed by atoms with van der Waals surface area (Å²) >= 11 is 0. The molecule has 0 aliphatic heterocycles. The third-order valence-electron chi connectivity index (χ3n) is 19.6. The number of esters is 4. The number of aliphatic hydroxyl groups is 1. The van der Waals surface area contributed by atoms with Crippen molar-refractivity contribution in [3.05, 3.63) is 0 Å². The van der Waals surface area contributed by atoms with Crippen molar-refractivity contribution in [3.8, 4) is 0 Å². The van der Waals surface area contributed by atoms with Gasteiger partial charge in [-0.25, -0.2) is 9.13 Å². The second kappa shape index (κ2) is 77.2. The molecule has 3 N–H and O–H groups in total. The molecule has 0 bridgehead atoms. The number of rotatable bonds is 84. The van der Waals surface area contributed by atoms with Crippen LogP contribution in [0.15, 0.2) is 0 Å². The van der Waals surface area contributed by atoms with E-state index in [4.69, 9.17) is 37.0 Å². The van der Waals surface area contributed by atoms with Crippen LogP contribution in [0, 0.1) is 0 Å². The first-order valence-electron chi connectivity index (χ1n) is 43.3. The highest BCUT2D eigenvalue weighted by Gasteiger charge is 2.30. The van der Waals surface area contributed by atoms with Gasteiger partial charge in [0, 0.05) is 25.7 Å². The Bertz CT molecular complexity index is 1930. The van der Waals surface area contributed by atoms with Crippen molar-refractivity contribution in [2.24, 2.45) is 0 Å². The molecular weight excluding hydrogens is 1330 g/mol. The molecule has 0 saturated heterocycles. The number of carbonyl (C=O) groups is 4. The first-order chi connectivity index (χ1) is 49.7. The average Bonchev–Trinajstić information content (AvgIpc) is 0.916. The highest BCUT2D eigenvalue weighted by atomic mass is 31.2. The van der Waals surface area contributed by atoms with Crippen LogP contribution in [-0.2, 0) is 65.4 Å². The van der Waals surface area contributed by atoms with E-state index in [-0.39, 0.29) is 25.7 Å². The van der Waals surface area contributed by atoms with Crippen molar-refractivity contribution in [2.75, 3.05) is 39.6 Å². The molecule has 0 aliphatic rings. The quantitative estimate of drug-likeness (QED) is 0.0222. The molecule has 2 unspecified atom stereocenters. The van der Waals surface area contributed by atoms with Crippen molar-refractivity contribution < 1.29 is 80.2 Å². The predicted molar refractivity (Wildman–Crippen MR) is 419 cm³/mol. The molecule has 0 spiro atoms. The highest BCUT2D eigenvalue weighted by molar-refractivity contribution is 7.47. The number of unbranched alkanes of at least 4 members (excludes halogenated alkanes) is 58. The minimum atomic E-state index is -4.96. The molecule has 0 fully saturated rings. The van der Waals surface area contributed by atoms with E-state index in [0.29, 0.717) is 25.7 Å². The fraction of sp³-hybridized carbons (Fsp3) is 0.952. The largest absolute Gasteiger partial charge is 0.472 e. The fourth-order valence-corrected chi connectivity index (χ4v) is 14.6. The Hall–Kier alpha value is -1.94. The smallest absolute Gasteiger partial charge is 0.462 e. The molecule has 0 aromatic heterocycles. The van der Waals surface area contributed by atoms with E-state index in [1.54, 1.807) is 0 Å². The van der Waals surface area contributed by atoms with Gasteiger partial charge < -0.3 is 33.8 Å². The van der Waals surface area contributed by atoms with Crippen LogP contribution in [-0.4, -0.2) is 96.7 Å². The van der Waals surface area contributed by atoms with Gasteiger partial charge in [-0.15, -0.1) is 0 Å². The number of phosphoric ester groups is 2. The van der Waals surface area contributed by atoms with Crippen LogP contribution in [0.5, 0.6) is 0 Å². The Morgan fingerprint density at radius 2 is 0.392 bits per heavy atom. The van der Waals surface area contributed by atoms with Crippen LogP contribution in [0.2, 0.25) is 0 Å². The summed E-state index contributed by atoms with van der Waals surface area (Å²) in [7, 11) is -9.91. The lowest BCUT2D eigenvalue weighted by Crippen LogP contribution is -2.30. The van der Waals surface area contributed by atoms with E-state index in [1.807, 2.05) is 0 Å². The second-order valence-electron chi connectivity index (χ2n) is 29.9. The Morgan fingerprint density at radius 3 is 0.578 bits per heavy atom. The molecule has 5 atom stereocenters. The van der Waals surface area contributed by atoms with E-state index < -0.39 is 97.5 Å². The van der Waals surface area contributed by atoms with Gasteiger partial charge in [0.05, 0.1) is 26.4 Å². The first kappa shape index (κ1) is 100. The molecule has 0 saturated carbocycles. The van der Waals surface area contributed by atoms with Gasteiger partial charge in [0.1, 0.15) is 19.3 Å². The van der Waals surface area contributed by atoms with Crippen LogP contribution >= 0.6 is 15.6 Å². The minimum absolute atomic E-state index is 0.108. The average molecular weight is 1490 g/mol. The van der Waals surface area contributed by atoms with Gasteiger partial charge in [0.25, 0.3) is 0 Å². The van der Waals surface area contributed by atoms with Crippen molar-refractivity contribution >= 4 is 39.5 Å². The SMILES string of the molecule is CCCCCCCCCCCCCCCCCCCCCCCCC(=O)O[C@H](COC(=O)CCCCCCCCCCCCCCCCCCCCCCC)COP(=O)(O)OC[C@@H](O)COP(=O)(O)OC[C@@H](COC(=O)CCCCCCCCC)OC(=O)CCCCCCCCCCCCCC. The summed E-state index contributed by atoms with van der Waals surface area (Å²) in [4.78, 5) is 72.9. The van der Waals surface area contributed by atoms with Crippen molar-refractivity contribution in [1.82, 2.24) is 0 Å². The number of hydrogen-bond donors (Lipinski definition) is 3. The Labute approximate surface area is 626 Å². The monoisotopic (exact) mass is 1490 g/mol. The predicted octanol–water partition coefficient (Wildman–Crippen LogP) is 25.4. The number of phosphoric acid groups is 2. The molecule has 0 aromatic carbocycles. The third kappa shape index (κ3) is 76.3. The van der Waals surface area contributed by atoms with Gasteiger partial charge >= 0.3 is 39.5 Å². The lowest BCUT2D eigenvalue weighted by Gasteiger charge is -2.21. The lowest BCUT2D eigenvalue weighted by atomic mass is 10.0. The molecule has 0 heterocycles. The summed E-state index contributed by atoms with van der Waals surface area (Å²) in [5.41, 5.74) is 0. The summed E-state index contributed by atoms with van der Waals surface area (Å²) in [6.07, 6.45) is 71.2. The zero-order valence-corrected chi connectivity index (χ0v) is 68.4. The van der Waals surface area contributed by atoms with Crippen molar-refractivity contribution in [2.45, 2.75) is 470 Å². The standard InChI is InChI=1S/C83H162O17P2/c1-5-9-13-17-21-24-27-30-32-34-36-38-40-42-44-46-48-51-54-58-62-66-70-83(88)100-79(74-94-81(86)68-64-60-56-52-50-47-45-43-41-39-37-35-33-31-28-25-22-18-14-10-6-2)76-98-102(91,92)96-72-77(84)71-95-101(89,90)97-75-78(73-93-80(85)67-63-59-55-20-16-12-8-4)99-82(87)69-65-61-57-53-49-29-26-23-19-15-11-7-3/h77-79,84H,5-76H2,1-4H3,(H,89,90)(H,91,92)/t77-,78+,79+/m0/s1.